The minimum Gasteiger partial charge on any atom is -0.381 e. The fourth-order valence-electron chi connectivity index (χ4n) is 2.20. The van der Waals surface area contributed by atoms with Gasteiger partial charge in [0.1, 0.15) is 0 Å². The highest BCUT2D eigenvalue weighted by Gasteiger charge is 2.33. The number of methoxy groups -OCH3 is 1. The van der Waals surface area contributed by atoms with Crippen molar-refractivity contribution in [3.63, 3.8) is 0 Å². The highest BCUT2D eigenvalue weighted by molar-refractivity contribution is 9.10. The summed E-state index contributed by atoms with van der Waals surface area (Å²) < 4.78 is 5.43. The molecule has 1 aromatic rings. The fourth-order valence-corrected chi connectivity index (χ4v) is 2.68. The van der Waals surface area contributed by atoms with Crippen molar-refractivity contribution < 1.29 is 14.3 Å². The van der Waals surface area contributed by atoms with Crippen molar-refractivity contribution in [3.05, 3.63) is 29.8 Å². The van der Waals surface area contributed by atoms with Gasteiger partial charge in [0.15, 0.2) is 0 Å². The molecule has 0 heterocycles. The number of amides is 2. The monoisotopic (exact) mass is 354 g/mol. The molecule has 2 amide bonds. The van der Waals surface area contributed by atoms with Crippen LogP contribution in [0.3, 0.4) is 0 Å². The number of primary amides is 1. The summed E-state index contributed by atoms with van der Waals surface area (Å²) >= 11 is 3.41. The first kappa shape index (κ1) is 16.0. The molecule has 0 aliphatic heterocycles. The molecule has 6 heteroatoms. The number of carbonyl (C=O) groups excluding carboxylic acids is 2. The van der Waals surface area contributed by atoms with Crippen LogP contribution < -0.4 is 11.1 Å². The van der Waals surface area contributed by atoms with E-state index in [2.05, 4.69) is 21.2 Å². The van der Waals surface area contributed by atoms with E-state index < -0.39 is 5.91 Å². The zero-order valence-corrected chi connectivity index (χ0v) is 13.4. The second kappa shape index (κ2) is 7.04. The zero-order chi connectivity index (χ0) is 15.4. The summed E-state index contributed by atoms with van der Waals surface area (Å²) in [5.41, 5.74) is 6.22. The van der Waals surface area contributed by atoms with Gasteiger partial charge in [-0.15, -0.1) is 0 Å². The van der Waals surface area contributed by atoms with Crippen molar-refractivity contribution in [3.8, 4) is 0 Å². The summed E-state index contributed by atoms with van der Waals surface area (Å²) in [6, 6.07) is 6.49. The number of carbonyl (C=O) groups is 2. The standard InChI is InChI=1S/C15H19BrN2O3/c1-21-13(9-2-3-9)8-12(16)15(20)18-11-6-4-10(5-7-11)14(17)19/h4-7,9,12-13H,2-3,8H2,1H3,(H2,17,19)(H,18,20). The Labute approximate surface area is 132 Å². The number of halogens is 1. The molecule has 0 aromatic heterocycles. The van der Waals surface area contributed by atoms with Gasteiger partial charge in [0.05, 0.1) is 10.9 Å². The van der Waals surface area contributed by atoms with Crippen LogP contribution in [0.4, 0.5) is 5.69 Å². The van der Waals surface area contributed by atoms with Gasteiger partial charge >= 0.3 is 0 Å². The average Bonchev–Trinajstić information content (AvgIpc) is 3.29. The van der Waals surface area contributed by atoms with Crippen molar-refractivity contribution in [1.29, 1.82) is 0 Å². The van der Waals surface area contributed by atoms with Crippen LogP contribution in [0, 0.1) is 5.92 Å². The van der Waals surface area contributed by atoms with Gasteiger partial charge in [0, 0.05) is 18.4 Å². The van der Waals surface area contributed by atoms with Gasteiger partial charge in [-0.3, -0.25) is 9.59 Å². The van der Waals surface area contributed by atoms with E-state index >= 15 is 0 Å². The number of hydrogen-bond donors (Lipinski definition) is 2. The van der Waals surface area contributed by atoms with Crippen LogP contribution in [0.25, 0.3) is 0 Å². The normalized spacial score (nSPS) is 17.0. The largest absolute Gasteiger partial charge is 0.381 e. The predicted octanol–water partition coefficient (Wildman–Crippen LogP) is 2.30. The Hall–Kier alpha value is -1.40. The van der Waals surface area contributed by atoms with Gasteiger partial charge < -0.3 is 15.8 Å². The quantitative estimate of drug-likeness (QED) is 0.737. The molecule has 2 rings (SSSR count). The van der Waals surface area contributed by atoms with Crippen LogP contribution in [0.5, 0.6) is 0 Å². The highest BCUT2D eigenvalue weighted by atomic mass is 79.9. The molecule has 5 nitrogen and oxygen atoms in total. The van der Waals surface area contributed by atoms with Crippen molar-refractivity contribution in [1.82, 2.24) is 0 Å². The maximum atomic E-state index is 12.1. The lowest BCUT2D eigenvalue weighted by Gasteiger charge is -2.18. The number of rotatable bonds is 7. The molecular formula is C15H19BrN2O3. The minimum absolute atomic E-state index is 0.121. The van der Waals surface area contributed by atoms with Gasteiger partial charge in [-0.05, 0) is 49.4 Å². The molecule has 1 fully saturated rings. The van der Waals surface area contributed by atoms with Crippen molar-refractivity contribution >= 4 is 33.4 Å². The summed E-state index contributed by atoms with van der Waals surface area (Å²) in [5, 5.41) is 2.80. The van der Waals surface area contributed by atoms with Crippen LogP contribution in [0.15, 0.2) is 24.3 Å². The van der Waals surface area contributed by atoms with Crippen molar-refractivity contribution in [2.75, 3.05) is 12.4 Å². The van der Waals surface area contributed by atoms with Crippen molar-refractivity contribution in [2.24, 2.45) is 11.7 Å². The molecule has 21 heavy (non-hydrogen) atoms. The Morgan fingerprint density at radius 2 is 2.00 bits per heavy atom. The van der Waals surface area contributed by atoms with E-state index in [1.807, 2.05) is 0 Å². The first-order valence-corrected chi connectivity index (χ1v) is 7.80. The molecule has 2 unspecified atom stereocenters. The van der Waals surface area contributed by atoms with Gasteiger partial charge in [0.25, 0.3) is 0 Å². The van der Waals surface area contributed by atoms with E-state index in [1.165, 1.54) is 12.8 Å². The first-order valence-electron chi connectivity index (χ1n) is 6.89. The topological polar surface area (TPSA) is 81.4 Å². The summed E-state index contributed by atoms with van der Waals surface area (Å²) in [4.78, 5) is 22.8. The lowest BCUT2D eigenvalue weighted by molar-refractivity contribution is -0.116. The van der Waals surface area contributed by atoms with Crippen LogP contribution in [-0.2, 0) is 9.53 Å². The molecule has 1 aromatic carbocycles. The molecule has 0 saturated heterocycles. The van der Waals surface area contributed by atoms with Gasteiger partial charge in [-0.25, -0.2) is 0 Å². The molecule has 1 aliphatic carbocycles. The Bertz CT molecular complexity index is 514. The number of ether oxygens (including phenoxy) is 1. The van der Waals surface area contributed by atoms with Gasteiger partial charge in [-0.2, -0.15) is 0 Å². The van der Waals surface area contributed by atoms with Crippen molar-refractivity contribution in [2.45, 2.75) is 30.2 Å². The Morgan fingerprint density at radius 3 is 2.48 bits per heavy atom. The van der Waals surface area contributed by atoms with Crippen LogP contribution >= 0.6 is 15.9 Å². The van der Waals surface area contributed by atoms with E-state index in [0.717, 1.165) is 0 Å². The Kier molecular flexibility index (Phi) is 5.36. The van der Waals surface area contributed by atoms with Crippen LogP contribution in [0.1, 0.15) is 29.6 Å². The average molecular weight is 355 g/mol. The summed E-state index contributed by atoms with van der Waals surface area (Å²) in [7, 11) is 1.68. The van der Waals surface area contributed by atoms with E-state index in [1.54, 1.807) is 31.4 Å². The smallest absolute Gasteiger partial charge is 0.248 e. The second-order valence-corrected chi connectivity index (χ2v) is 6.35. The van der Waals surface area contributed by atoms with Gasteiger partial charge in [0.2, 0.25) is 11.8 Å². The van der Waals surface area contributed by atoms with E-state index in [-0.39, 0.29) is 16.8 Å². The molecule has 1 aliphatic rings. The summed E-state index contributed by atoms with van der Waals surface area (Å²) in [5.74, 6) is -0.0270. The van der Waals surface area contributed by atoms with E-state index in [4.69, 9.17) is 10.5 Å². The zero-order valence-electron chi connectivity index (χ0n) is 11.8. The number of hydrogen-bond acceptors (Lipinski definition) is 3. The molecule has 0 radical (unpaired) electrons. The third kappa shape index (κ3) is 4.54. The third-order valence-corrected chi connectivity index (χ3v) is 4.40. The molecule has 0 spiro atoms. The maximum Gasteiger partial charge on any atom is 0.248 e. The predicted molar refractivity (Wildman–Crippen MR) is 84.4 cm³/mol. The number of nitrogens with two attached hydrogens (primary N) is 1. The first-order chi connectivity index (χ1) is 10.0. The summed E-state index contributed by atoms with van der Waals surface area (Å²) in [6.45, 7) is 0. The molecular weight excluding hydrogens is 336 g/mol. The molecule has 114 valence electrons. The van der Waals surface area contributed by atoms with Crippen LogP contribution in [0.2, 0.25) is 0 Å². The molecule has 1 saturated carbocycles. The minimum atomic E-state index is -0.487. The third-order valence-electron chi connectivity index (χ3n) is 3.61. The van der Waals surface area contributed by atoms with Crippen LogP contribution in [-0.4, -0.2) is 29.9 Å². The van der Waals surface area contributed by atoms with Gasteiger partial charge in [-0.1, -0.05) is 15.9 Å². The Morgan fingerprint density at radius 1 is 1.38 bits per heavy atom. The molecule has 3 N–H and O–H groups in total. The Balaban J connectivity index is 1.89. The fraction of sp³-hybridized carbons (Fsp3) is 0.467. The number of alkyl halides is 1. The summed E-state index contributed by atoms with van der Waals surface area (Å²) in [6.07, 6.45) is 3.12. The number of anilines is 1. The lowest BCUT2D eigenvalue weighted by Crippen LogP contribution is -2.28. The lowest BCUT2D eigenvalue weighted by atomic mass is 10.1. The second-order valence-electron chi connectivity index (χ2n) is 5.25. The van der Waals surface area contributed by atoms with E-state index in [9.17, 15) is 9.59 Å². The highest BCUT2D eigenvalue weighted by Crippen LogP contribution is 2.36. The maximum absolute atomic E-state index is 12.1. The SMILES string of the molecule is COC(CC(Br)C(=O)Nc1ccc(C(N)=O)cc1)C1CC1. The number of nitrogens with one attached hydrogen (secondary N) is 1. The molecule has 2 atom stereocenters. The molecule has 0 bridgehead atoms. The van der Waals surface area contributed by atoms with E-state index in [0.29, 0.717) is 23.6 Å². The number of benzene rings is 1.